The number of rotatable bonds is 0. The van der Waals surface area contributed by atoms with Crippen LogP contribution in [-0.4, -0.2) is 66.1 Å². The van der Waals surface area contributed by atoms with Gasteiger partial charge >= 0.3 is 37.7 Å². The Morgan fingerprint density at radius 2 is 1.00 bits per heavy atom. The minimum Gasteiger partial charge on any atom is -0.0149 e. The van der Waals surface area contributed by atoms with Crippen molar-refractivity contribution in [1.29, 1.82) is 0 Å². The van der Waals surface area contributed by atoms with Gasteiger partial charge in [0.15, 0.2) is 17.4 Å². The first-order chi connectivity index (χ1) is 0. The second kappa shape index (κ2) is 17.2. The predicted molar refractivity (Wildman–Crippen MR) is 29.8 cm³/mol. The first kappa shape index (κ1) is 29.7. The first-order valence-electron chi connectivity index (χ1n) is 0. The molecule has 0 aliphatic carbocycles. The third-order valence-corrected chi connectivity index (χ3v) is 0. The van der Waals surface area contributed by atoms with Gasteiger partial charge in [0, 0.05) is 21.7 Å². The molecule has 4 heteroatoms. The zero-order chi connectivity index (χ0) is 0. The van der Waals surface area contributed by atoms with E-state index in [0.29, 0.717) is 0 Å². The van der Waals surface area contributed by atoms with Gasteiger partial charge in [0.2, 0.25) is 0 Å². The standard InChI is InChI=1S/Al.Ca.H4Si.Ti.5H/h;;1H4;;;;;;. The van der Waals surface area contributed by atoms with Gasteiger partial charge in [0.1, 0.15) is 0 Å². The van der Waals surface area contributed by atoms with Crippen molar-refractivity contribution in [1.82, 2.24) is 0 Å². The van der Waals surface area contributed by atoms with Gasteiger partial charge in [-0.25, -0.2) is 0 Å². The van der Waals surface area contributed by atoms with Crippen molar-refractivity contribution in [2.45, 2.75) is 0 Å². The number of hydrogen-bond acceptors (Lipinski definition) is 0. The molecule has 0 N–H and O–H groups in total. The smallest absolute Gasteiger partial charge is 0 e. The molecule has 0 saturated carbocycles. The molecule has 0 unspecified atom stereocenters. The van der Waals surface area contributed by atoms with Crippen LogP contribution < -0.4 is 0 Å². The van der Waals surface area contributed by atoms with E-state index in [1.807, 2.05) is 0 Å². The third-order valence-electron chi connectivity index (χ3n) is 0. The van der Waals surface area contributed by atoms with Crippen LogP contribution in [0.15, 0.2) is 0 Å². The normalized spacial score (nSPS) is 0. The maximum atomic E-state index is 0. The minimum absolute atomic E-state index is 0. The Bertz CT molecular complexity index is 8.00. The van der Waals surface area contributed by atoms with E-state index in [2.05, 4.69) is 0 Å². The van der Waals surface area contributed by atoms with Crippen molar-refractivity contribution in [3.8, 4) is 0 Å². The molecule has 0 aromatic heterocycles. The molecule has 0 aliphatic heterocycles. The van der Waals surface area contributed by atoms with Crippen LogP contribution in [0.5, 0.6) is 0 Å². The Hall–Kier alpha value is 2.72. The maximum absolute atomic E-state index is 0. The Morgan fingerprint density at radius 1 is 1.00 bits per heavy atom. The molecule has 0 fully saturated rings. The molecular formula is H9AlCaSiTi. The zero-order valence-corrected chi connectivity index (χ0v) is 2.06. The fourth-order valence-electron chi connectivity index (χ4n) is 0. The molecule has 0 spiro atoms. The quantitative estimate of drug-likeness (QED) is 0.315. The van der Waals surface area contributed by atoms with Crippen molar-refractivity contribution in [3.63, 3.8) is 0 Å². The van der Waals surface area contributed by atoms with E-state index in [0.717, 1.165) is 0 Å². The fraction of sp³-hybridized carbons (Fsp3) is 0. The topological polar surface area (TPSA) is 0 Å². The molecule has 0 amide bonds. The van der Waals surface area contributed by atoms with E-state index in [4.69, 9.17) is 0 Å². The molecular weight excluding hydrogens is 143 g/mol. The van der Waals surface area contributed by atoms with Gasteiger partial charge < -0.3 is 0 Å². The molecule has 0 aliphatic rings. The summed E-state index contributed by atoms with van der Waals surface area (Å²) in [4.78, 5) is 0. The summed E-state index contributed by atoms with van der Waals surface area (Å²) in [6.07, 6.45) is 0. The van der Waals surface area contributed by atoms with Gasteiger partial charge in [-0.15, -0.1) is 0 Å². The number of hydrogen-bond donors (Lipinski definition) is 0. The summed E-state index contributed by atoms with van der Waals surface area (Å²) in [7, 11) is 0. The van der Waals surface area contributed by atoms with Crippen LogP contribution in [0.4, 0.5) is 0 Å². The molecule has 0 heterocycles. The molecule has 0 rings (SSSR count). The van der Waals surface area contributed by atoms with E-state index in [-0.39, 0.29) is 87.8 Å². The predicted octanol–water partition coefficient (Wildman–Crippen LogP) is -3.55. The molecule has 22 valence electrons. The average molecular weight is 152 g/mol. The average Bonchev–Trinajstić information content (AvgIpc) is 0. The van der Waals surface area contributed by atoms with E-state index in [1.54, 1.807) is 0 Å². The Labute approximate surface area is 86.1 Å². The van der Waals surface area contributed by atoms with Crippen molar-refractivity contribution < 1.29 is 21.7 Å². The summed E-state index contributed by atoms with van der Waals surface area (Å²) in [5.74, 6) is 0. The maximum Gasteiger partial charge on any atom is 0 e. The van der Waals surface area contributed by atoms with Crippen LogP contribution in [0, 0.1) is 0 Å². The summed E-state index contributed by atoms with van der Waals surface area (Å²) in [6, 6.07) is 0. The van der Waals surface area contributed by atoms with Crippen LogP contribution >= 0.6 is 0 Å². The first-order valence-corrected chi connectivity index (χ1v) is 0. The van der Waals surface area contributed by atoms with Gasteiger partial charge in [-0.1, -0.05) is 0 Å². The summed E-state index contributed by atoms with van der Waals surface area (Å²) in [5.41, 5.74) is 0. The van der Waals surface area contributed by atoms with E-state index < -0.39 is 0 Å². The monoisotopic (exact) mass is 152 g/mol. The van der Waals surface area contributed by atoms with E-state index in [9.17, 15) is 0 Å². The third kappa shape index (κ3) is 8.83. The van der Waals surface area contributed by atoms with Gasteiger partial charge in [-0.3, -0.25) is 0 Å². The van der Waals surface area contributed by atoms with Gasteiger partial charge in [-0.2, -0.15) is 0 Å². The summed E-state index contributed by atoms with van der Waals surface area (Å²) in [5, 5.41) is 0. The van der Waals surface area contributed by atoms with E-state index >= 15 is 0 Å². The van der Waals surface area contributed by atoms with Gasteiger partial charge in [0.05, 0.1) is 0 Å². The van der Waals surface area contributed by atoms with Crippen molar-refractivity contribution in [2.75, 3.05) is 0 Å². The summed E-state index contributed by atoms with van der Waals surface area (Å²) >= 11 is 0. The Balaban J connectivity index is 0. The van der Waals surface area contributed by atoms with Gasteiger partial charge in [0.25, 0.3) is 0 Å². The summed E-state index contributed by atoms with van der Waals surface area (Å²) in [6.45, 7) is 0. The molecule has 0 radical (unpaired) electrons. The van der Waals surface area contributed by atoms with Crippen LogP contribution in [-0.2, 0) is 21.7 Å². The molecule has 0 aromatic carbocycles. The molecule has 4 heavy (non-hydrogen) atoms. The van der Waals surface area contributed by atoms with Crippen LogP contribution in [0.25, 0.3) is 0 Å². The molecule has 0 atom stereocenters. The van der Waals surface area contributed by atoms with Crippen molar-refractivity contribution in [3.05, 3.63) is 0 Å². The molecule has 0 bridgehead atoms. The minimum atomic E-state index is 0. The van der Waals surface area contributed by atoms with Crippen LogP contribution in [0.2, 0.25) is 0 Å². The van der Waals surface area contributed by atoms with E-state index in [1.165, 1.54) is 0 Å². The van der Waals surface area contributed by atoms with Crippen molar-refractivity contribution >= 4 is 66.1 Å². The fourth-order valence-corrected chi connectivity index (χ4v) is 0. The second-order valence-electron chi connectivity index (χ2n) is 0. The van der Waals surface area contributed by atoms with Crippen molar-refractivity contribution in [2.24, 2.45) is 0 Å². The Morgan fingerprint density at radius 3 is 1.00 bits per heavy atom. The second-order valence-corrected chi connectivity index (χ2v) is 0. The molecule has 0 aromatic rings. The van der Waals surface area contributed by atoms with Crippen LogP contribution in [0.1, 0.15) is 0 Å². The van der Waals surface area contributed by atoms with Gasteiger partial charge in [-0.05, 0) is 11.0 Å². The largest absolute Gasteiger partial charge is 0.0149 e. The Kier molecular flexibility index (Phi) is 128. The zero-order valence-electron chi connectivity index (χ0n) is 0.500. The summed E-state index contributed by atoms with van der Waals surface area (Å²) < 4.78 is 0. The molecule has 0 nitrogen and oxygen atoms in total. The SMILES string of the molecule is [AlH3].[CaH2].[SiH4].[Ti]. The molecule has 0 saturated heterocycles. The van der Waals surface area contributed by atoms with Crippen LogP contribution in [0.3, 0.4) is 0 Å².